The molecule has 2 atom stereocenters. The molecule has 2 N–H and O–H groups in total. The Morgan fingerprint density at radius 1 is 0.724 bits per heavy atom. The van der Waals surface area contributed by atoms with E-state index in [1.54, 1.807) is 31.5 Å². The number of hydrogen-bond acceptors (Lipinski definition) is 12. The molecule has 7 aromatic carbocycles. The highest BCUT2D eigenvalue weighted by Crippen LogP contribution is 2.45. The van der Waals surface area contributed by atoms with Gasteiger partial charge in [0.2, 0.25) is 5.60 Å². The molecule has 8 aromatic rings. The van der Waals surface area contributed by atoms with Crippen LogP contribution >= 0.6 is 34.9 Å². The number of carbonyl (C=O) groups excluding carboxylic acids is 3. The number of methoxy groups -OCH3 is 1. The van der Waals surface area contributed by atoms with Crippen molar-refractivity contribution in [2.45, 2.75) is 36.1 Å². The number of anilines is 1. The van der Waals surface area contributed by atoms with Gasteiger partial charge in [-0.05, 0) is 41.3 Å². The number of fused-ring (bicyclic) bond motifs is 1. The average molecular weight is 1060 g/mol. The summed E-state index contributed by atoms with van der Waals surface area (Å²) in [6.45, 7) is 1.73. The molecule has 0 spiro atoms. The zero-order valence-electron chi connectivity index (χ0n) is 41.5. The molecule has 0 saturated carbocycles. The highest BCUT2D eigenvalue weighted by Gasteiger charge is 2.55. The summed E-state index contributed by atoms with van der Waals surface area (Å²) in [5, 5.41) is 13.3. The predicted octanol–water partition coefficient (Wildman–Crippen LogP) is 11.4. The van der Waals surface area contributed by atoms with Crippen LogP contribution in [0, 0.1) is 11.8 Å². The van der Waals surface area contributed by atoms with E-state index in [4.69, 9.17) is 24.5 Å². The molecular weight excluding hydrogens is 1010 g/mol. The first-order valence-corrected chi connectivity index (χ1v) is 27.4. The summed E-state index contributed by atoms with van der Waals surface area (Å²) in [7, 11) is 1.58. The summed E-state index contributed by atoms with van der Waals surface area (Å²) in [5.41, 5.74) is 3.81. The molecule has 1 fully saturated rings. The third-order valence-corrected chi connectivity index (χ3v) is 16.3. The van der Waals surface area contributed by atoms with E-state index in [2.05, 4.69) is 58.9 Å². The van der Waals surface area contributed by atoms with Gasteiger partial charge >= 0.3 is 5.97 Å². The number of oxime groups is 1. The molecule has 2 amide bonds. The maximum Gasteiger partial charge on any atom is 0.356 e. The van der Waals surface area contributed by atoms with E-state index in [9.17, 15) is 9.59 Å². The molecule has 3 heterocycles. The third kappa shape index (κ3) is 10.4. The number of ether oxygens (including phenoxy) is 2. The van der Waals surface area contributed by atoms with Crippen LogP contribution in [0.2, 0.25) is 0 Å². The SMILES string of the molecule is CC#CCSC1=C(C(=O)OCc2ccc(OC)cc2)N2C(=O)[C@@H](NC(=O)/C(=N\OC(c3ccccc3)(c3ccccc3)c3ccccc3)c3csc(NC(c4ccccc4)(c4ccccc4)c4ccccc4)n3)[C@@H]2SC1. The number of esters is 1. The summed E-state index contributed by atoms with van der Waals surface area (Å²) in [4.78, 5) is 58.2. The van der Waals surface area contributed by atoms with Crippen molar-refractivity contribution in [1.29, 1.82) is 0 Å². The van der Waals surface area contributed by atoms with E-state index in [0.717, 1.165) is 38.9 Å². The van der Waals surface area contributed by atoms with Crippen LogP contribution in [-0.4, -0.2) is 63.4 Å². The van der Waals surface area contributed by atoms with Gasteiger partial charge in [-0.3, -0.25) is 14.5 Å². The van der Waals surface area contributed by atoms with E-state index < -0.39 is 40.3 Å². The molecule has 0 aliphatic carbocycles. The normalized spacial score (nSPS) is 15.3. The number of rotatable bonds is 19. The number of aromatic nitrogens is 1. The monoisotopic (exact) mass is 1060 g/mol. The van der Waals surface area contributed by atoms with Crippen LogP contribution in [0.25, 0.3) is 0 Å². The molecule has 11 nitrogen and oxygen atoms in total. The maximum absolute atomic E-state index is 15.3. The molecule has 1 saturated heterocycles. The topological polar surface area (TPSA) is 131 Å². The Bertz CT molecular complexity index is 3230. The standard InChI is InChI=1S/C62H51N5O6S3/c1-3-4-39-74-52-42-75-58-54(57(69)67(58)55(52)59(70)72-40-43-35-37-50(71-2)38-36-43)64-56(68)53(66-73-62(47-29-17-8-18-30-47,48-31-19-9-20-32-48)49-33-21-10-22-34-49)51-41-76-60(63-51)65-61(44-23-11-5-12-24-44,45-25-13-6-14-26-45)46-27-15-7-16-28-46/h5-38,41,54,58H,39-40,42H2,1-2H3,(H,63,65)(H,64,68)/b66-53-/t54-,58+/m1/s1. The first-order chi connectivity index (χ1) is 37.3. The Morgan fingerprint density at radius 2 is 1.22 bits per heavy atom. The quantitative estimate of drug-likeness (QED) is 0.0201. The molecule has 2 aliphatic rings. The van der Waals surface area contributed by atoms with Crippen molar-refractivity contribution in [2.24, 2.45) is 5.16 Å². The van der Waals surface area contributed by atoms with E-state index >= 15 is 4.79 Å². The number of amides is 2. The Balaban J connectivity index is 1.04. The smallest absolute Gasteiger partial charge is 0.356 e. The number of nitrogens with zero attached hydrogens (tertiary/aromatic N) is 3. The fourth-order valence-electron chi connectivity index (χ4n) is 9.41. The lowest BCUT2D eigenvalue weighted by Gasteiger charge is -2.49. The fraction of sp³-hybridized carbons (Fsp3) is 0.145. The second-order valence-electron chi connectivity index (χ2n) is 17.6. The minimum atomic E-state index is -1.36. The van der Waals surface area contributed by atoms with Crippen molar-refractivity contribution < 1.29 is 28.7 Å². The van der Waals surface area contributed by atoms with Crippen LogP contribution in [0.4, 0.5) is 5.13 Å². The third-order valence-electron chi connectivity index (χ3n) is 13.1. The van der Waals surface area contributed by atoms with E-state index in [1.165, 1.54) is 39.8 Å². The van der Waals surface area contributed by atoms with Crippen molar-refractivity contribution in [1.82, 2.24) is 15.2 Å². The van der Waals surface area contributed by atoms with Gasteiger partial charge in [-0.2, -0.15) is 0 Å². The largest absolute Gasteiger partial charge is 0.497 e. The molecule has 10 rings (SSSR count). The fourth-order valence-corrected chi connectivity index (χ4v) is 12.6. The Kier molecular flexibility index (Phi) is 15.8. The van der Waals surface area contributed by atoms with Crippen molar-refractivity contribution in [2.75, 3.05) is 23.9 Å². The predicted molar refractivity (Wildman–Crippen MR) is 303 cm³/mol. The second kappa shape index (κ2) is 23.5. The Labute approximate surface area is 454 Å². The first kappa shape index (κ1) is 51.1. The van der Waals surface area contributed by atoms with Crippen LogP contribution in [0.1, 0.15) is 51.6 Å². The van der Waals surface area contributed by atoms with Crippen LogP contribution in [0.15, 0.2) is 227 Å². The summed E-state index contributed by atoms with van der Waals surface area (Å²) in [5.74, 6) is 5.58. The summed E-state index contributed by atoms with van der Waals surface area (Å²) >= 11 is 4.14. The number of thiazole rings is 1. The Morgan fingerprint density at radius 3 is 1.71 bits per heavy atom. The molecule has 378 valence electrons. The molecule has 0 bridgehead atoms. The highest BCUT2D eigenvalue weighted by atomic mass is 32.2. The van der Waals surface area contributed by atoms with Crippen LogP contribution in [0.5, 0.6) is 5.75 Å². The van der Waals surface area contributed by atoms with Crippen LogP contribution < -0.4 is 15.4 Å². The number of hydrogen-bond donors (Lipinski definition) is 2. The van der Waals surface area contributed by atoms with Gasteiger partial charge in [0, 0.05) is 32.7 Å². The van der Waals surface area contributed by atoms with Gasteiger partial charge in [-0.15, -0.1) is 40.8 Å². The van der Waals surface area contributed by atoms with E-state index in [-0.39, 0.29) is 23.7 Å². The number of thioether (sulfide) groups is 2. The van der Waals surface area contributed by atoms with Crippen molar-refractivity contribution in [3.05, 3.63) is 267 Å². The molecule has 76 heavy (non-hydrogen) atoms. The van der Waals surface area contributed by atoms with Crippen molar-refractivity contribution in [3.63, 3.8) is 0 Å². The van der Waals surface area contributed by atoms with Gasteiger partial charge in [0.15, 0.2) is 10.8 Å². The molecule has 1 aromatic heterocycles. The maximum atomic E-state index is 15.3. The van der Waals surface area contributed by atoms with Crippen molar-refractivity contribution in [3.8, 4) is 17.6 Å². The zero-order valence-corrected chi connectivity index (χ0v) is 43.9. The lowest BCUT2D eigenvalue weighted by molar-refractivity contribution is -0.153. The highest BCUT2D eigenvalue weighted by molar-refractivity contribution is 8.06. The zero-order chi connectivity index (χ0) is 52.3. The Hall–Kier alpha value is -8.35. The van der Waals surface area contributed by atoms with Gasteiger partial charge in [0.1, 0.15) is 40.7 Å². The molecular formula is C62H51N5O6S3. The average Bonchev–Trinajstić information content (AvgIpc) is 3.95. The van der Waals surface area contributed by atoms with Gasteiger partial charge < -0.3 is 24.9 Å². The molecule has 14 heteroatoms. The van der Waals surface area contributed by atoms with Gasteiger partial charge in [-0.1, -0.05) is 205 Å². The van der Waals surface area contributed by atoms with E-state index in [1.807, 2.05) is 158 Å². The molecule has 0 radical (unpaired) electrons. The summed E-state index contributed by atoms with van der Waals surface area (Å²) < 4.78 is 11.2. The van der Waals surface area contributed by atoms with Gasteiger partial charge in [-0.25, -0.2) is 9.78 Å². The van der Waals surface area contributed by atoms with Crippen LogP contribution in [-0.2, 0) is 41.7 Å². The van der Waals surface area contributed by atoms with Gasteiger partial charge in [0.05, 0.1) is 12.9 Å². The van der Waals surface area contributed by atoms with Crippen LogP contribution in [0.3, 0.4) is 0 Å². The summed E-state index contributed by atoms with van der Waals surface area (Å²) in [6.07, 6.45) is 0. The summed E-state index contributed by atoms with van der Waals surface area (Å²) in [6, 6.07) is 65.8. The number of β-lactam (4-membered cyclic amide) rings is 1. The molecule has 2 aliphatic heterocycles. The van der Waals surface area contributed by atoms with Gasteiger partial charge in [0.25, 0.3) is 11.8 Å². The first-order valence-electron chi connectivity index (χ1n) is 24.5. The number of nitrogens with one attached hydrogen (secondary N) is 2. The minimum absolute atomic E-state index is 0.0248. The second-order valence-corrected chi connectivity index (χ2v) is 20.6. The molecule has 0 unspecified atom stereocenters. The minimum Gasteiger partial charge on any atom is -0.497 e. The van der Waals surface area contributed by atoms with Crippen molar-refractivity contribution >= 4 is 63.5 Å². The van der Waals surface area contributed by atoms with E-state index in [0.29, 0.717) is 27.3 Å². The number of benzene rings is 7. The lowest BCUT2D eigenvalue weighted by atomic mass is 9.77. The number of carbonyl (C=O) groups is 3. The lowest BCUT2D eigenvalue weighted by Crippen LogP contribution is -2.71.